The van der Waals surface area contributed by atoms with Crippen molar-refractivity contribution in [2.24, 2.45) is 0 Å². The first-order valence-corrected chi connectivity index (χ1v) is 5.81. The van der Waals surface area contributed by atoms with E-state index in [1.165, 1.54) is 12.1 Å². The van der Waals surface area contributed by atoms with E-state index in [9.17, 15) is 10.1 Å². The topological polar surface area (TPSA) is 68.9 Å². The van der Waals surface area contributed by atoms with Crippen LogP contribution < -0.4 is 0 Å². The molecule has 5 nitrogen and oxygen atoms in total. The van der Waals surface area contributed by atoms with Gasteiger partial charge in [0.05, 0.1) is 0 Å². The molecule has 0 aliphatic heterocycles. The van der Waals surface area contributed by atoms with Gasteiger partial charge in [-0.15, -0.1) is 0 Å². The number of rotatable bonds is 2. The average molecular weight is 289 g/mol. The summed E-state index contributed by atoms with van der Waals surface area (Å²) in [7, 11) is 0. The first kappa shape index (κ1) is 10.3. The molecule has 1 aromatic carbocycles. The second-order valence-electron chi connectivity index (χ2n) is 2.72. The van der Waals surface area contributed by atoms with Gasteiger partial charge < -0.3 is 0 Å². The van der Waals surface area contributed by atoms with Gasteiger partial charge in [-0.05, 0) is 0 Å². The van der Waals surface area contributed by atoms with Gasteiger partial charge in [-0.2, -0.15) is 0 Å². The molecule has 0 aliphatic rings. The molecule has 15 heavy (non-hydrogen) atoms. The number of nitro benzene ring substituents is 1. The van der Waals surface area contributed by atoms with Crippen molar-refractivity contribution in [3.63, 3.8) is 0 Å². The average Bonchev–Trinajstić information content (AvgIpc) is 2.69. The molecule has 0 atom stereocenters. The Balaban J connectivity index is 2.47. The third-order valence-electron chi connectivity index (χ3n) is 1.80. The molecule has 2 rings (SSSR count). The van der Waals surface area contributed by atoms with E-state index in [1.807, 2.05) is 0 Å². The summed E-state index contributed by atoms with van der Waals surface area (Å²) < 4.78 is 8.14. The third kappa shape index (κ3) is 2.07. The van der Waals surface area contributed by atoms with Gasteiger partial charge in [-0.3, -0.25) is 0 Å². The van der Waals surface area contributed by atoms with E-state index >= 15 is 0 Å². The maximum atomic E-state index is 10.5. The Labute approximate surface area is 96.1 Å². The fourth-order valence-electron chi connectivity index (χ4n) is 1.11. The van der Waals surface area contributed by atoms with Crippen molar-refractivity contribution in [3.8, 4) is 11.3 Å². The van der Waals surface area contributed by atoms with Crippen molar-refractivity contribution in [3.05, 3.63) is 39.5 Å². The van der Waals surface area contributed by atoms with E-state index in [0.29, 0.717) is 0 Å². The van der Waals surface area contributed by atoms with Crippen LogP contribution in [0.1, 0.15) is 0 Å². The molecule has 0 saturated heterocycles. The van der Waals surface area contributed by atoms with Crippen LogP contribution in [0.15, 0.2) is 24.4 Å². The van der Waals surface area contributed by atoms with Gasteiger partial charge in [0.25, 0.3) is 0 Å². The van der Waals surface area contributed by atoms with Crippen molar-refractivity contribution in [2.45, 2.75) is 0 Å². The van der Waals surface area contributed by atoms with E-state index in [1.54, 1.807) is 12.3 Å². The Hall–Kier alpha value is -1.23. The van der Waals surface area contributed by atoms with Crippen LogP contribution in [0.3, 0.4) is 0 Å². The molecular weight excluding hydrogens is 285 g/mol. The summed E-state index contributed by atoms with van der Waals surface area (Å²) in [6.07, 6.45) is 1.65. The normalized spacial score (nSPS) is 10.2. The van der Waals surface area contributed by atoms with Gasteiger partial charge in [0.1, 0.15) is 0 Å². The van der Waals surface area contributed by atoms with Gasteiger partial charge in [0, 0.05) is 0 Å². The Bertz CT molecular complexity index is 501. The quantitative estimate of drug-likeness (QED) is 0.480. The zero-order valence-electron chi connectivity index (χ0n) is 7.25. The number of nitrogens with zero attached hydrogens (tertiary/aromatic N) is 3. The molecule has 0 N–H and O–H groups in total. The van der Waals surface area contributed by atoms with Crippen molar-refractivity contribution >= 4 is 32.3 Å². The zero-order valence-corrected chi connectivity index (χ0v) is 9.72. The third-order valence-corrected chi connectivity index (χ3v) is 3.11. The van der Waals surface area contributed by atoms with Crippen LogP contribution in [0.25, 0.3) is 11.3 Å². The van der Waals surface area contributed by atoms with Gasteiger partial charge in [-0.1, -0.05) is 0 Å². The van der Waals surface area contributed by atoms with Crippen molar-refractivity contribution in [1.82, 2.24) is 7.96 Å². The maximum absolute atomic E-state index is 10.5. The predicted molar refractivity (Wildman–Crippen MR) is 56.1 cm³/mol. The predicted octanol–water partition coefficient (Wildman–Crippen LogP) is 1.76. The Morgan fingerprint density at radius 2 is 2.27 bits per heavy atom. The van der Waals surface area contributed by atoms with Crippen molar-refractivity contribution < 1.29 is 4.92 Å². The number of aromatic nitrogens is 2. The van der Waals surface area contributed by atoms with Gasteiger partial charge in [0.2, 0.25) is 0 Å². The molecule has 1 heterocycles. The molecule has 0 radical (unpaired) electrons. The van der Waals surface area contributed by atoms with Crippen LogP contribution >= 0.6 is 11.6 Å². The minimum atomic E-state index is -0.513. The van der Waals surface area contributed by atoms with Gasteiger partial charge in [-0.25, -0.2) is 0 Å². The molecule has 0 aliphatic carbocycles. The van der Waals surface area contributed by atoms with Crippen LogP contribution in [0.2, 0.25) is 5.02 Å². The van der Waals surface area contributed by atoms with E-state index in [4.69, 9.17) is 11.6 Å². The minimum absolute atomic E-state index is 0.0937. The van der Waals surface area contributed by atoms with Crippen LogP contribution in [0.5, 0.6) is 0 Å². The molecule has 0 fully saturated rings. The molecule has 76 valence electrons. The zero-order chi connectivity index (χ0) is 10.8. The van der Waals surface area contributed by atoms with E-state index < -0.39 is 4.92 Å². The monoisotopic (exact) mass is 289 g/mol. The molecule has 0 amide bonds. The summed E-state index contributed by atoms with van der Waals surface area (Å²) in [5.74, 6) is 0. The summed E-state index contributed by atoms with van der Waals surface area (Å²) in [6.45, 7) is 0. The molecule has 0 spiro atoms. The molecule has 0 saturated carbocycles. The molecular formula is C8H4ClN3O2Se. The number of benzene rings is 1. The summed E-state index contributed by atoms with van der Waals surface area (Å²) in [5, 5.41) is 10.6. The number of hydrogen-bond donors (Lipinski definition) is 0. The number of nitro groups is 1. The second-order valence-corrected chi connectivity index (χ2v) is 4.29. The Kier molecular flexibility index (Phi) is 2.81. The van der Waals surface area contributed by atoms with E-state index in [2.05, 4.69) is 7.96 Å². The van der Waals surface area contributed by atoms with Crippen LogP contribution in [0, 0.1) is 10.1 Å². The summed E-state index contributed by atoms with van der Waals surface area (Å²) in [4.78, 5) is 10.0. The number of halogens is 1. The van der Waals surface area contributed by atoms with Gasteiger partial charge >= 0.3 is 95.9 Å². The van der Waals surface area contributed by atoms with Crippen LogP contribution in [0.4, 0.5) is 5.69 Å². The fourth-order valence-corrected chi connectivity index (χ4v) is 2.27. The summed E-state index contributed by atoms with van der Waals surface area (Å²) in [5.41, 5.74) is 1.39. The van der Waals surface area contributed by atoms with Gasteiger partial charge in [0.15, 0.2) is 0 Å². The van der Waals surface area contributed by atoms with Crippen LogP contribution in [-0.4, -0.2) is 27.8 Å². The molecule has 1 aromatic heterocycles. The van der Waals surface area contributed by atoms with E-state index in [-0.39, 0.29) is 25.7 Å². The fraction of sp³-hybridized carbons (Fsp3) is 0. The summed E-state index contributed by atoms with van der Waals surface area (Å²) >= 11 is 5.67. The van der Waals surface area contributed by atoms with Crippen molar-refractivity contribution in [1.29, 1.82) is 0 Å². The van der Waals surface area contributed by atoms with Crippen molar-refractivity contribution in [2.75, 3.05) is 0 Å². The standard InChI is InChI=1S/C8H4ClN3O2Se/c9-6-3-5(7-4-10-15-11-7)1-2-8(6)12(13)14/h1-4H. The molecule has 2 aromatic rings. The molecule has 0 unspecified atom stereocenters. The van der Waals surface area contributed by atoms with Crippen LogP contribution in [-0.2, 0) is 0 Å². The molecule has 7 heteroatoms. The molecule has 0 bridgehead atoms. The van der Waals surface area contributed by atoms with E-state index in [0.717, 1.165) is 11.3 Å². The Morgan fingerprint density at radius 3 is 2.80 bits per heavy atom. The number of hydrogen-bond acceptors (Lipinski definition) is 4. The summed E-state index contributed by atoms with van der Waals surface area (Å²) in [6, 6.07) is 4.53. The first-order valence-electron chi connectivity index (χ1n) is 3.90. The SMILES string of the molecule is O=[N+]([O-])c1ccc(-c2cn[se]n2)cc1Cl. The second kappa shape index (κ2) is 4.10. The Morgan fingerprint density at radius 1 is 1.47 bits per heavy atom. The first-order chi connectivity index (χ1) is 7.18.